The Balaban J connectivity index is 2.75. The molecule has 0 saturated carbocycles. The summed E-state index contributed by atoms with van der Waals surface area (Å²) in [4.78, 5) is 0. The number of hydrogen-bond acceptors (Lipinski definition) is 2. The molecule has 0 unspecified atom stereocenters. The fourth-order valence-corrected chi connectivity index (χ4v) is 1.65. The van der Waals surface area contributed by atoms with Gasteiger partial charge in [0.05, 0.1) is 13.2 Å². The zero-order valence-corrected chi connectivity index (χ0v) is 11.7. The molecule has 100 valence electrons. The van der Waals surface area contributed by atoms with Crippen molar-refractivity contribution in [1.29, 1.82) is 0 Å². The zero-order chi connectivity index (χ0) is 13.4. The van der Waals surface area contributed by atoms with Gasteiger partial charge in [0.1, 0.15) is 11.5 Å². The molecule has 0 N–H and O–H groups in total. The van der Waals surface area contributed by atoms with Crippen molar-refractivity contribution in [2.75, 3.05) is 13.2 Å². The molecule has 0 saturated heterocycles. The molecular formula is C16H24O2. The van der Waals surface area contributed by atoms with Crippen molar-refractivity contribution in [3.05, 3.63) is 36.4 Å². The molecule has 0 radical (unpaired) electrons. The fraction of sp³-hybridized carbons (Fsp3) is 0.500. The standard InChI is InChI=1S/C16H24O2/c1-5-7-14-8-9-15(17-6-2)12-16(14)18-11-10-13(3)4/h5,8-9,12-13H,1,6-7,10-11H2,2-4H3. The predicted octanol–water partition coefficient (Wildman–Crippen LogP) is 4.24. The van der Waals surface area contributed by atoms with E-state index < -0.39 is 0 Å². The van der Waals surface area contributed by atoms with E-state index in [9.17, 15) is 0 Å². The summed E-state index contributed by atoms with van der Waals surface area (Å²) < 4.78 is 11.4. The quantitative estimate of drug-likeness (QED) is 0.641. The smallest absolute Gasteiger partial charge is 0.126 e. The van der Waals surface area contributed by atoms with Crippen LogP contribution in [0.4, 0.5) is 0 Å². The summed E-state index contributed by atoms with van der Waals surface area (Å²) >= 11 is 0. The second kappa shape index (κ2) is 7.80. The van der Waals surface area contributed by atoms with Gasteiger partial charge in [-0.15, -0.1) is 6.58 Å². The van der Waals surface area contributed by atoms with Crippen LogP contribution < -0.4 is 9.47 Å². The Hall–Kier alpha value is -1.44. The molecule has 0 aliphatic carbocycles. The second-order valence-corrected chi connectivity index (χ2v) is 4.73. The van der Waals surface area contributed by atoms with Gasteiger partial charge in [0.25, 0.3) is 0 Å². The maximum absolute atomic E-state index is 5.86. The first-order chi connectivity index (χ1) is 8.67. The minimum atomic E-state index is 0.655. The lowest BCUT2D eigenvalue weighted by molar-refractivity contribution is 0.283. The van der Waals surface area contributed by atoms with Gasteiger partial charge in [0.15, 0.2) is 0 Å². The van der Waals surface area contributed by atoms with E-state index in [1.54, 1.807) is 0 Å². The van der Waals surface area contributed by atoms with Crippen molar-refractivity contribution < 1.29 is 9.47 Å². The molecule has 0 heterocycles. The average Bonchev–Trinajstić information content (AvgIpc) is 2.32. The summed E-state index contributed by atoms with van der Waals surface area (Å²) in [5, 5.41) is 0. The summed E-state index contributed by atoms with van der Waals surface area (Å²) in [5.74, 6) is 2.44. The van der Waals surface area contributed by atoms with Crippen LogP contribution in [0.5, 0.6) is 11.5 Å². The van der Waals surface area contributed by atoms with Crippen LogP contribution in [0.3, 0.4) is 0 Å². The van der Waals surface area contributed by atoms with Crippen molar-refractivity contribution in [3.63, 3.8) is 0 Å². The molecule has 2 heteroatoms. The van der Waals surface area contributed by atoms with E-state index in [-0.39, 0.29) is 0 Å². The number of hydrogen-bond donors (Lipinski definition) is 0. The van der Waals surface area contributed by atoms with Gasteiger partial charge < -0.3 is 9.47 Å². The molecule has 1 aromatic carbocycles. The number of allylic oxidation sites excluding steroid dienone is 1. The van der Waals surface area contributed by atoms with Crippen LogP contribution in [0.2, 0.25) is 0 Å². The SMILES string of the molecule is C=CCc1ccc(OCC)cc1OCCC(C)C. The summed E-state index contributed by atoms with van der Waals surface area (Å²) in [5.41, 5.74) is 1.16. The lowest BCUT2D eigenvalue weighted by Gasteiger charge is -2.13. The number of rotatable bonds is 8. The number of benzene rings is 1. The topological polar surface area (TPSA) is 18.5 Å². The van der Waals surface area contributed by atoms with E-state index in [2.05, 4.69) is 26.5 Å². The van der Waals surface area contributed by atoms with E-state index in [0.717, 1.165) is 36.5 Å². The molecule has 0 amide bonds. The molecular weight excluding hydrogens is 224 g/mol. The van der Waals surface area contributed by atoms with Gasteiger partial charge in [-0.1, -0.05) is 26.0 Å². The van der Waals surface area contributed by atoms with Gasteiger partial charge in [-0.05, 0) is 37.3 Å². The molecule has 2 nitrogen and oxygen atoms in total. The Morgan fingerprint density at radius 3 is 2.67 bits per heavy atom. The highest BCUT2D eigenvalue weighted by atomic mass is 16.5. The highest BCUT2D eigenvalue weighted by Crippen LogP contribution is 2.26. The molecule has 1 aromatic rings. The lowest BCUT2D eigenvalue weighted by Crippen LogP contribution is -2.04. The Morgan fingerprint density at radius 1 is 1.28 bits per heavy atom. The van der Waals surface area contributed by atoms with Gasteiger partial charge in [-0.2, -0.15) is 0 Å². The van der Waals surface area contributed by atoms with Gasteiger partial charge in [0, 0.05) is 6.07 Å². The Labute approximate surface area is 111 Å². The minimum Gasteiger partial charge on any atom is -0.494 e. The Bertz CT molecular complexity index is 369. The number of ether oxygens (including phenoxy) is 2. The second-order valence-electron chi connectivity index (χ2n) is 4.73. The molecule has 1 rings (SSSR count). The van der Waals surface area contributed by atoms with Crippen LogP contribution >= 0.6 is 0 Å². The summed E-state index contributed by atoms with van der Waals surface area (Å²) in [6.45, 7) is 11.6. The van der Waals surface area contributed by atoms with Gasteiger partial charge in [-0.25, -0.2) is 0 Å². The van der Waals surface area contributed by atoms with E-state index in [4.69, 9.17) is 9.47 Å². The first kappa shape index (κ1) is 14.6. The van der Waals surface area contributed by atoms with Crippen LogP contribution in [0.1, 0.15) is 32.8 Å². The zero-order valence-electron chi connectivity index (χ0n) is 11.7. The normalized spacial score (nSPS) is 10.4. The van der Waals surface area contributed by atoms with Crippen molar-refractivity contribution in [2.45, 2.75) is 33.6 Å². The van der Waals surface area contributed by atoms with Crippen molar-refractivity contribution in [3.8, 4) is 11.5 Å². The molecule has 0 aromatic heterocycles. The average molecular weight is 248 g/mol. The molecule has 0 aliphatic rings. The highest BCUT2D eigenvalue weighted by Gasteiger charge is 2.05. The van der Waals surface area contributed by atoms with Crippen LogP contribution in [-0.2, 0) is 6.42 Å². The van der Waals surface area contributed by atoms with Crippen molar-refractivity contribution in [2.24, 2.45) is 5.92 Å². The largest absolute Gasteiger partial charge is 0.494 e. The van der Waals surface area contributed by atoms with Gasteiger partial charge in [-0.3, -0.25) is 0 Å². The van der Waals surface area contributed by atoms with E-state index >= 15 is 0 Å². The third kappa shape index (κ3) is 4.82. The highest BCUT2D eigenvalue weighted by molar-refractivity contribution is 5.41. The van der Waals surface area contributed by atoms with E-state index in [1.165, 1.54) is 0 Å². The molecule has 0 spiro atoms. The third-order valence-electron chi connectivity index (χ3n) is 2.67. The maximum atomic E-state index is 5.86. The van der Waals surface area contributed by atoms with Crippen molar-refractivity contribution in [1.82, 2.24) is 0 Å². The van der Waals surface area contributed by atoms with Crippen LogP contribution in [0.25, 0.3) is 0 Å². The lowest BCUT2D eigenvalue weighted by atomic mass is 10.1. The van der Waals surface area contributed by atoms with Gasteiger partial charge in [0.2, 0.25) is 0 Å². The van der Waals surface area contributed by atoms with Crippen LogP contribution in [-0.4, -0.2) is 13.2 Å². The summed E-state index contributed by atoms with van der Waals surface area (Å²) in [6, 6.07) is 6.01. The third-order valence-corrected chi connectivity index (χ3v) is 2.67. The molecule has 0 fully saturated rings. The van der Waals surface area contributed by atoms with Crippen LogP contribution in [0.15, 0.2) is 30.9 Å². The maximum Gasteiger partial charge on any atom is 0.126 e. The minimum absolute atomic E-state index is 0.655. The molecule has 0 aliphatic heterocycles. The first-order valence-corrected chi connectivity index (χ1v) is 6.66. The van der Waals surface area contributed by atoms with E-state index in [1.807, 2.05) is 25.1 Å². The molecule has 0 atom stereocenters. The Kier molecular flexibility index (Phi) is 6.34. The van der Waals surface area contributed by atoms with E-state index in [0.29, 0.717) is 12.5 Å². The monoisotopic (exact) mass is 248 g/mol. The molecule has 0 bridgehead atoms. The van der Waals surface area contributed by atoms with Crippen LogP contribution in [0, 0.1) is 5.92 Å². The first-order valence-electron chi connectivity index (χ1n) is 6.66. The summed E-state index contributed by atoms with van der Waals surface area (Å²) in [6.07, 6.45) is 3.78. The predicted molar refractivity (Wildman–Crippen MR) is 76.5 cm³/mol. The molecule has 18 heavy (non-hydrogen) atoms. The fourth-order valence-electron chi connectivity index (χ4n) is 1.65. The van der Waals surface area contributed by atoms with Gasteiger partial charge >= 0.3 is 0 Å². The summed E-state index contributed by atoms with van der Waals surface area (Å²) in [7, 11) is 0. The Morgan fingerprint density at radius 2 is 2.06 bits per heavy atom. The van der Waals surface area contributed by atoms with Crippen molar-refractivity contribution >= 4 is 0 Å².